The van der Waals surface area contributed by atoms with Gasteiger partial charge in [-0.2, -0.15) is 0 Å². The van der Waals surface area contributed by atoms with Crippen molar-refractivity contribution >= 4 is 0 Å². The molecule has 1 aliphatic heterocycles. The maximum absolute atomic E-state index is 13.3. The number of ether oxygens (including phenoxy) is 2. The van der Waals surface area contributed by atoms with Gasteiger partial charge in [0, 0.05) is 12.6 Å². The highest BCUT2D eigenvalue weighted by molar-refractivity contribution is 5.34. The van der Waals surface area contributed by atoms with Crippen molar-refractivity contribution in [3.8, 4) is 5.75 Å². The zero-order valence-electron chi connectivity index (χ0n) is 10.7. The Hall–Kier alpha value is -1.13. The predicted molar refractivity (Wildman–Crippen MR) is 68.2 cm³/mol. The first-order valence-corrected chi connectivity index (χ1v) is 6.43. The highest BCUT2D eigenvalue weighted by Gasteiger charge is 2.17. The fourth-order valence-electron chi connectivity index (χ4n) is 2.15. The van der Waals surface area contributed by atoms with E-state index >= 15 is 0 Å². The molecule has 0 bridgehead atoms. The van der Waals surface area contributed by atoms with Gasteiger partial charge in [-0.25, -0.2) is 4.39 Å². The summed E-state index contributed by atoms with van der Waals surface area (Å²) in [5, 5.41) is 0. The van der Waals surface area contributed by atoms with Gasteiger partial charge in [0.2, 0.25) is 0 Å². The summed E-state index contributed by atoms with van der Waals surface area (Å²) in [5.41, 5.74) is 6.60. The van der Waals surface area contributed by atoms with Gasteiger partial charge >= 0.3 is 0 Å². The number of hydrogen-bond acceptors (Lipinski definition) is 3. The van der Waals surface area contributed by atoms with E-state index in [-0.39, 0.29) is 18.0 Å². The molecule has 18 heavy (non-hydrogen) atoms. The normalized spacial score (nSPS) is 21.6. The molecular weight excluding hydrogens is 233 g/mol. The van der Waals surface area contributed by atoms with Gasteiger partial charge in [-0.15, -0.1) is 0 Å². The molecule has 2 unspecified atom stereocenters. The molecule has 0 spiro atoms. The molecular formula is C14H20FNO2. The fraction of sp³-hybridized carbons (Fsp3) is 0.571. The van der Waals surface area contributed by atoms with Crippen molar-refractivity contribution in [2.45, 2.75) is 38.3 Å². The lowest BCUT2D eigenvalue weighted by Gasteiger charge is -2.24. The summed E-state index contributed by atoms with van der Waals surface area (Å²) in [6.07, 6.45) is 2.67. The summed E-state index contributed by atoms with van der Waals surface area (Å²) in [5.74, 6) is 0.474. The van der Waals surface area contributed by atoms with Crippen LogP contribution in [0, 0.1) is 5.82 Å². The second kappa shape index (κ2) is 6.16. The Morgan fingerprint density at radius 3 is 3.06 bits per heavy atom. The van der Waals surface area contributed by atoms with Crippen molar-refractivity contribution in [3.63, 3.8) is 0 Å². The van der Waals surface area contributed by atoms with Crippen molar-refractivity contribution in [3.05, 3.63) is 29.6 Å². The Morgan fingerprint density at radius 2 is 2.39 bits per heavy atom. The second-order valence-electron chi connectivity index (χ2n) is 4.89. The zero-order valence-corrected chi connectivity index (χ0v) is 10.7. The van der Waals surface area contributed by atoms with Crippen LogP contribution in [-0.2, 0) is 11.2 Å². The van der Waals surface area contributed by atoms with E-state index in [1.54, 1.807) is 6.07 Å². The molecule has 1 aliphatic rings. The maximum atomic E-state index is 13.3. The van der Waals surface area contributed by atoms with Crippen LogP contribution in [-0.4, -0.2) is 25.4 Å². The minimum Gasteiger partial charge on any atom is -0.488 e. The van der Waals surface area contributed by atoms with Crippen molar-refractivity contribution in [2.75, 3.05) is 13.2 Å². The summed E-state index contributed by atoms with van der Waals surface area (Å²) in [6.45, 7) is 3.31. The summed E-state index contributed by atoms with van der Waals surface area (Å²) in [7, 11) is 0. The lowest BCUT2D eigenvalue weighted by atomic mass is 10.1. The average molecular weight is 253 g/mol. The van der Waals surface area contributed by atoms with Gasteiger partial charge in [-0.05, 0) is 49.9 Å². The molecule has 2 rings (SSSR count). The van der Waals surface area contributed by atoms with Crippen LogP contribution in [0.1, 0.15) is 25.3 Å². The van der Waals surface area contributed by atoms with E-state index in [0.29, 0.717) is 13.0 Å². The van der Waals surface area contributed by atoms with Gasteiger partial charge in [0.25, 0.3) is 0 Å². The van der Waals surface area contributed by atoms with E-state index in [1.165, 1.54) is 12.1 Å². The largest absolute Gasteiger partial charge is 0.488 e. The number of nitrogens with two attached hydrogens (primary N) is 1. The van der Waals surface area contributed by atoms with Crippen LogP contribution in [0.3, 0.4) is 0 Å². The molecule has 2 N–H and O–H groups in total. The van der Waals surface area contributed by atoms with Crippen LogP contribution < -0.4 is 10.5 Å². The highest BCUT2D eigenvalue weighted by atomic mass is 19.1. The van der Waals surface area contributed by atoms with Crippen molar-refractivity contribution in [1.82, 2.24) is 0 Å². The SMILES string of the molecule is CC(N)Cc1cc(F)ccc1OC1CCCOC1. The molecule has 0 aromatic heterocycles. The Kier molecular flexibility index (Phi) is 4.55. The predicted octanol–water partition coefficient (Wildman–Crippen LogP) is 2.27. The van der Waals surface area contributed by atoms with Gasteiger partial charge in [-0.3, -0.25) is 0 Å². The summed E-state index contributed by atoms with van der Waals surface area (Å²) < 4.78 is 24.5. The van der Waals surface area contributed by atoms with E-state index in [9.17, 15) is 4.39 Å². The maximum Gasteiger partial charge on any atom is 0.123 e. The van der Waals surface area contributed by atoms with E-state index in [0.717, 1.165) is 30.8 Å². The minimum absolute atomic E-state index is 0.0169. The molecule has 0 amide bonds. The standard InChI is InChI=1S/C14H20FNO2/c1-10(16)7-11-8-12(15)4-5-14(11)18-13-3-2-6-17-9-13/h4-5,8,10,13H,2-3,6-7,9,16H2,1H3. The van der Waals surface area contributed by atoms with Gasteiger partial charge < -0.3 is 15.2 Å². The second-order valence-corrected chi connectivity index (χ2v) is 4.89. The lowest BCUT2D eigenvalue weighted by Crippen LogP contribution is -2.28. The molecule has 0 aliphatic carbocycles. The van der Waals surface area contributed by atoms with Crippen molar-refractivity contribution in [1.29, 1.82) is 0 Å². The minimum atomic E-state index is -0.252. The smallest absolute Gasteiger partial charge is 0.123 e. The molecule has 0 saturated carbocycles. The molecule has 4 heteroatoms. The van der Waals surface area contributed by atoms with Gasteiger partial charge in [0.1, 0.15) is 17.7 Å². The first kappa shape index (κ1) is 13.3. The zero-order chi connectivity index (χ0) is 13.0. The Labute approximate surface area is 107 Å². The molecule has 3 nitrogen and oxygen atoms in total. The third-order valence-corrected chi connectivity index (χ3v) is 2.98. The van der Waals surface area contributed by atoms with Crippen molar-refractivity contribution in [2.24, 2.45) is 5.73 Å². The molecule has 1 aromatic carbocycles. The molecule has 1 aromatic rings. The van der Waals surface area contributed by atoms with E-state index in [2.05, 4.69) is 0 Å². The number of benzene rings is 1. The first-order chi connectivity index (χ1) is 8.65. The van der Waals surface area contributed by atoms with E-state index in [1.807, 2.05) is 6.92 Å². The Bertz CT molecular complexity index is 389. The summed E-state index contributed by atoms with van der Waals surface area (Å²) in [4.78, 5) is 0. The van der Waals surface area contributed by atoms with Crippen LogP contribution in [0.4, 0.5) is 4.39 Å². The average Bonchev–Trinajstić information content (AvgIpc) is 2.33. The highest BCUT2D eigenvalue weighted by Crippen LogP contribution is 2.24. The Morgan fingerprint density at radius 1 is 1.56 bits per heavy atom. The molecule has 1 fully saturated rings. The lowest BCUT2D eigenvalue weighted by molar-refractivity contribution is 0.00699. The summed E-state index contributed by atoms with van der Waals surface area (Å²) >= 11 is 0. The molecule has 0 radical (unpaired) electrons. The molecule has 1 saturated heterocycles. The third kappa shape index (κ3) is 3.68. The van der Waals surface area contributed by atoms with Crippen LogP contribution >= 0.6 is 0 Å². The van der Waals surface area contributed by atoms with Crippen LogP contribution in [0.5, 0.6) is 5.75 Å². The monoisotopic (exact) mass is 253 g/mol. The molecule has 2 atom stereocenters. The number of hydrogen-bond donors (Lipinski definition) is 1. The van der Waals surface area contributed by atoms with Crippen LogP contribution in [0.25, 0.3) is 0 Å². The van der Waals surface area contributed by atoms with Gasteiger partial charge in [0.15, 0.2) is 0 Å². The number of rotatable bonds is 4. The van der Waals surface area contributed by atoms with Crippen LogP contribution in [0.2, 0.25) is 0 Å². The van der Waals surface area contributed by atoms with Gasteiger partial charge in [0.05, 0.1) is 6.61 Å². The van der Waals surface area contributed by atoms with E-state index < -0.39 is 0 Å². The van der Waals surface area contributed by atoms with Gasteiger partial charge in [-0.1, -0.05) is 0 Å². The summed E-state index contributed by atoms with van der Waals surface area (Å²) in [6, 6.07) is 4.59. The molecule has 1 heterocycles. The quantitative estimate of drug-likeness (QED) is 0.895. The van der Waals surface area contributed by atoms with E-state index in [4.69, 9.17) is 15.2 Å². The third-order valence-electron chi connectivity index (χ3n) is 2.98. The van der Waals surface area contributed by atoms with Crippen LogP contribution in [0.15, 0.2) is 18.2 Å². The number of halogens is 1. The topological polar surface area (TPSA) is 44.5 Å². The fourth-order valence-corrected chi connectivity index (χ4v) is 2.15. The van der Waals surface area contributed by atoms with Crippen molar-refractivity contribution < 1.29 is 13.9 Å². The molecule has 100 valence electrons. The Balaban J connectivity index is 2.09. The first-order valence-electron chi connectivity index (χ1n) is 6.43.